The fourth-order valence-corrected chi connectivity index (χ4v) is 3.50. The Kier molecular flexibility index (Phi) is 8.34. The van der Waals surface area contributed by atoms with E-state index in [2.05, 4.69) is 22.8 Å². The minimum Gasteiger partial charge on any atom is -0.507 e. The van der Waals surface area contributed by atoms with Crippen molar-refractivity contribution < 1.29 is 14.8 Å². The number of nitrogens with one attached hydrogen (secondary N) is 2. The number of rotatable bonds is 11. The number of phenols is 1. The van der Waals surface area contributed by atoms with Crippen LogP contribution >= 0.6 is 0 Å². The number of hydrogen-bond donors (Lipinski definition) is 3. The van der Waals surface area contributed by atoms with E-state index in [1.165, 1.54) is 23.8 Å². The molecule has 0 aromatic heterocycles. The highest BCUT2D eigenvalue weighted by atomic mass is 16.6. The minimum absolute atomic E-state index is 0.0478. The lowest BCUT2D eigenvalue weighted by molar-refractivity contribution is -0.384. The fraction of sp³-hybridized carbons (Fsp3) is 0.240. The molecule has 0 aliphatic carbocycles. The van der Waals surface area contributed by atoms with E-state index in [1.807, 2.05) is 18.2 Å². The van der Waals surface area contributed by atoms with Crippen LogP contribution in [0, 0.1) is 10.1 Å². The van der Waals surface area contributed by atoms with Crippen molar-refractivity contribution in [1.82, 2.24) is 10.6 Å². The number of phenolic OH excluding ortho intramolecular Hbond substituents is 1. The zero-order chi connectivity index (χ0) is 22.8. The maximum absolute atomic E-state index is 12.4. The predicted molar refractivity (Wildman–Crippen MR) is 124 cm³/mol. The first-order valence-corrected chi connectivity index (χ1v) is 10.6. The summed E-state index contributed by atoms with van der Waals surface area (Å²) in [4.78, 5) is 22.8. The van der Waals surface area contributed by atoms with Crippen LogP contribution in [0.3, 0.4) is 0 Å². The molecule has 7 heteroatoms. The number of nitrogens with zero attached hydrogens (tertiary/aromatic N) is 1. The number of carbonyl (C=O) groups is 1. The van der Waals surface area contributed by atoms with Crippen LogP contribution in [-0.4, -0.2) is 35.1 Å². The molecule has 0 bridgehead atoms. The van der Waals surface area contributed by atoms with Crippen molar-refractivity contribution in [3.63, 3.8) is 0 Å². The van der Waals surface area contributed by atoms with E-state index < -0.39 is 4.92 Å². The van der Waals surface area contributed by atoms with Gasteiger partial charge in [0, 0.05) is 24.7 Å². The summed E-state index contributed by atoms with van der Waals surface area (Å²) >= 11 is 0. The first-order valence-electron chi connectivity index (χ1n) is 10.6. The van der Waals surface area contributed by atoms with Crippen LogP contribution in [0.4, 0.5) is 5.69 Å². The van der Waals surface area contributed by atoms with Gasteiger partial charge >= 0.3 is 0 Å². The van der Waals surface area contributed by atoms with E-state index >= 15 is 0 Å². The monoisotopic (exact) mass is 433 g/mol. The Hall–Kier alpha value is -3.71. The Morgan fingerprint density at radius 3 is 2.28 bits per heavy atom. The highest BCUT2D eigenvalue weighted by Crippen LogP contribution is 2.16. The third-order valence-corrected chi connectivity index (χ3v) is 5.25. The molecule has 0 radical (unpaired) electrons. The van der Waals surface area contributed by atoms with Crippen LogP contribution in [0.25, 0.3) is 0 Å². The zero-order valence-corrected chi connectivity index (χ0v) is 17.7. The average Bonchev–Trinajstić information content (AvgIpc) is 2.80. The topological polar surface area (TPSA) is 104 Å². The molecular weight excluding hydrogens is 406 g/mol. The molecule has 1 atom stereocenters. The predicted octanol–water partition coefficient (Wildman–Crippen LogP) is 3.86. The van der Waals surface area contributed by atoms with E-state index in [0.29, 0.717) is 19.4 Å². The van der Waals surface area contributed by atoms with E-state index in [9.17, 15) is 20.0 Å². The lowest BCUT2D eigenvalue weighted by Gasteiger charge is -2.19. The number of aromatic hydroxyl groups is 1. The smallest absolute Gasteiger partial charge is 0.269 e. The van der Waals surface area contributed by atoms with Crippen LogP contribution in [0.5, 0.6) is 5.75 Å². The number of non-ortho nitro benzene ring substituents is 1. The van der Waals surface area contributed by atoms with Gasteiger partial charge in [-0.05, 0) is 49.1 Å². The van der Waals surface area contributed by atoms with Crippen molar-refractivity contribution >= 4 is 11.6 Å². The molecule has 3 aromatic carbocycles. The maximum Gasteiger partial charge on any atom is 0.269 e. The Morgan fingerprint density at radius 2 is 1.59 bits per heavy atom. The molecule has 3 rings (SSSR count). The van der Waals surface area contributed by atoms with E-state index in [-0.39, 0.29) is 28.9 Å². The van der Waals surface area contributed by atoms with Crippen LogP contribution in [0.2, 0.25) is 0 Å². The van der Waals surface area contributed by atoms with Gasteiger partial charge in [-0.1, -0.05) is 54.6 Å². The lowest BCUT2D eigenvalue weighted by atomic mass is 10.0. The van der Waals surface area contributed by atoms with Gasteiger partial charge in [0.1, 0.15) is 5.75 Å². The molecule has 32 heavy (non-hydrogen) atoms. The highest BCUT2D eigenvalue weighted by Gasteiger charge is 2.14. The zero-order valence-electron chi connectivity index (χ0n) is 17.7. The van der Waals surface area contributed by atoms with Gasteiger partial charge < -0.3 is 15.7 Å². The molecular formula is C25H27N3O4. The molecule has 0 saturated heterocycles. The van der Waals surface area contributed by atoms with Gasteiger partial charge in [-0.15, -0.1) is 0 Å². The number of para-hydroxylation sites is 1. The number of amides is 1. The molecule has 1 unspecified atom stereocenters. The van der Waals surface area contributed by atoms with E-state index in [1.54, 1.807) is 30.3 Å². The first-order chi connectivity index (χ1) is 15.5. The summed E-state index contributed by atoms with van der Waals surface area (Å²) < 4.78 is 0. The number of benzene rings is 3. The van der Waals surface area contributed by atoms with Crippen molar-refractivity contribution in [3.05, 3.63) is 106 Å². The van der Waals surface area contributed by atoms with Gasteiger partial charge in [0.2, 0.25) is 0 Å². The molecule has 166 valence electrons. The molecule has 3 aromatic rings. The maximum atomic E-state index is 12.4. The van der Waals surface area contributed by atoms with Gasteiger partial charge in [0.25, 0.3) is 11.6 Å². The fourth-order valence-electron chi connectivity index (χ4n) is 3.50. The summed E-state index contributed by atoms with van der Waals surface area (Å²) in [5, 5.41) is 27.1. The Balaban J connectivity index is 1.58. The first kappa shape index (κ1) is 23.0. The Labute approximate surface area is 187 Å². The van der Waals surface area contributed by atoms with Crippen LogP contribution in [-0.2, 0) is 12.8 Å². The number of carbonyl (C=O) groups excluding carboxylic acids is 1. The second-order valence-electron chi connectivity index (χ2n) is 7.58. The molecule has 0 aliphatic rings. The Bertz CT molecular complexity index is 1020. The summed E-state index contributed by atoms with van der Waals surface area (Å²) in [6, 6.07) is 23.2. The van der Waals surface area contributed by atoms with Crippen molar-refractivity contribution in [2.24, 2.45) is 0 Å². The number of nitro benzene ring substituents is 1. The number of hydrogen-bond acceptors (Lipinski definition) is 5. The third-order valence-electron chi connectivity index (χ3n) is 5.25. The van der Waals surface area contributed by atoms with Crippen LogP contribution in [0.15, 0.2) is 78.9 Å². The Morgan fingerprint density at radius 1 is 0.906 bits per heavy atom. The van der Waals surface area contributed by atoms with Crippen LogP contribution < -0.4 is 10.6 Å². The molecule has 7 nitrogen and oxygen atoms in total. The number of nitro groups is 1. The van der Waals surface area contributed by atoms with E-state index in [4.69, 9.17) is 0 Å². The standard InChI is InChI=1S/C25H27N3O4/c29-24-9-5-4-8-23(24)25(30)27-17-15-21(26-16-14-19-6-2-1-3-7-19)18-20-10-12-22(13-11-20)28(31)32/h1-13,21,26,29H,14-18H2,(H,27,30). The SMILES string of the molecule is O=C(NCCC(Cc1ccc([N+](=O)[O-])cc1)NCCc1ccccc1)c1ccccc1O. The molecule has 3 N–H and O–H groups in total. The second-order valence-corrected chi connectivity index (χ2v) is 7.58. The summed E-state index contributed by atoms with van der Waals surface area (Å²) in [6.07, 6.45) is 2.23. The van der Waals surface area contributed by atoms with Gasteiger partial charge in [0.05, 0.1) is 10.5 Å². The lowest BCUT2D eigenvalue weighted by Crippen LogP contribution is -2.37. The van der Waals surface area contributed by atoms with Gasteiger partial charge in [-0.25, -0.2) is 0 Å². The minimum atomic E-state index is -0.409. The van der Waals surface area contributed by atoms with Gasteiger partial charge in [-0.2, -0.15) is 0 Å². The summed E-state index contributed by atoms with van der Waals surface area (Å²) in [5.41, 5.74) is 2.54. The normalized spacial score (nSPS) is 11.6. The largest absolute Gasteiger partial charge is 0.507 e. The van der Waals surface area contributed by atoms with Crippen molar-refractivity contribution in [2.75, 3.05) is 13.1 Å². The molecule has 1 amide bonds. The molecule has 0 heterocycles. The molecule has 0 aliphatic heterocycles. The molecule has 0 saturated carbocycles. The summed E-state index contributed by atoms with van der Waals surface area (Å²) in [6.45, 7) is 1.21. The van der Waals surface area contributed by atoms with Crippen molar-refractivity contribution in [1.29, 1.82) is 0 Å². The quantitative estimate of drug-likeness (QED) is 0.315. The van der Waals surface area contributed by atoms with Crippen molar-refractivity contribution in [3.8, 4) is 5.75 Å². The van der Waals surface area contributed by atoms with Gasteiger partial charge in [0.15, 0.2) is 0 Å². The second kappa shape index (κ2) is 11.6. The molecule has 0 spiro atoms. The van der Waals surface area contributed by atoms with Gasteiger partial charge in [-0.3, -0.25) is 14.9 Å². The average molecular weight is 434 g/mol. The summed E-state index contributed by atoms with van der Waals surface area (Å²) in [7, 11) is 0. The van der Waals surface area contributed by atoms with E-state index in [0.717, 1.165) is 18.5 Å². The summed E-state index contributed by atoms with van der Waals surface area (Å²) in [5.74, 6) is -0.366. The van der Waals surface area contributed by atoms with Crippen molar-refractivity contribution in [2.45, 2.75) is 25.3 Å². The third kappa shape index (κ3) is 6.92. The van der Waals surface area contributed by atoms with Crippen LogP contribution in [0.1, 0.15) is 27.9 Å². The molecule has 0 fully saturated rings. The highest BCUT2D eigenvalue weighted by molar-refractivity contribution is 5.96.